The summed E-state index contributed by atoms with van der Waals surface area (Å²) < 4.78 is 65.5. The van der Waals surface area contributed by atoms with Gasteiger partial charge in [-0.25, -0.2) is 4.79 Å². The van der Waals surface area contributed by atoms with Gasteiger partial charge in [-0.05, 0) is 27.7 Å². The van der Waals surface area contributed by atoms with E-state index in [-0.39, 0.29) is 6.54 Å². The van der Waals surface area contributed by atoms with Crippen molar-refractivity contribution in [3.63, 3.8) is 0 Å². The lowest BCUT2D eigenvalue weighted by molar-refractivity contribution is -0.200. The van der Waals surface area contributed by atoms with Gasteiger partial charge in [0.25, 0.3) is 0 Å². The van der Waals surface area contributed by atoms with Gasteiger partial charge in [-0.1, -0.05) is 0 Å². The average molecular weight is 285 g/mol. The number of hydrogen-bond acceptors (Lipinski definition) is 3. The molecule has 7 heteroatoms. The minimum atomic E-state index is -4.68. The molecule has 0 aromatic carbocycles. The van der Waals surface area contributed by atoms with Crippen molar-refractivity contribution in [3.8, 4) is 0 Å². The molecule has 1 aliphatic rings. The van der Waals surface area contributed by atoms with Crippen LogP contribution in [0.4, 0.5) is 18.0 Å². The van der Waals surface area contributed by atoms with Crippen molar-refractivity contribution in [1.82, 2.24) is 9.80 Å². The number of hydrogen-bond donors (Lipinski definition) is 0. The Kier molecular flexibility index (Phi) is 3.46. The van der Waals surface area contributed by atoms with Gasteiger partial charge in [0.1, 0.15) is 0 Å². The van der Waals surface area contributed by atoms with Crippen molar-refractivity contribution >= 4 is 6.09 Å². The maximum atomic E-state index is 12.4. The highest BCUT2D eigenvalue weighted by Crippen LogP contribution is 2.23. The van der Waals surface area contributed by atoms with Crippen molar-refractivity contribution in [2.75, 3.05) is 26.1 Å². The van der Waals surface area contributed by atoms with E-state index in [0.717, 1.165) is 4.90 Å². The summed E-state index contributed by atoms with van der Waals surface area (Å²) in [4.78, 5) is 13.9. The zero-order chi connectivity index (χ0) is 17.5. The van der Waals surface area contributed by atoms with Crippen LogP contribution in [0.5, 0.6) is 0 Å². The Morgan fingerprint density at radius 3 is 2.32 bits per heavy atom. The van der Waals surface area contributed by atoms with Crippen molar-refractivity contribution in [2.45, 2.75) is 45.5 Å². The Morgan fingerprint density at radius 1 is 1.32 bits per heavy atom. The molecular formula is C12H21F3N2O2. The Hall–Kier alpha value is -0.980. The lowest BCUT2D eigenvalue weighted by Gasteiger charge is -2.42. The molecule has 1 saturated heterocycles. The van der Waals surface area contributed by atoms with Crippen molar-refractivity contribution in [3.05, 3.63) is 0 Å². The number of halogens is 3. The molecule has 19 heavy (non-hydrogen) atoms. The van der Waals surface area contributed by atoms with Gasteiger partial charge in [-0.15, -0.1) is 0 Å². The Labute approximate surface area is 115 Å². The van der Waals surface area contributed by atoms with Gasteiger partial charge in [0.05, 0.1) is 0 Å². The van der Waals surface area contributed by atoms with Crippen LogP contribution >= 0.6 is 0 Å². The largest absolute Gasteiger partial charge is 0.437 e. The monoisotopic (exact) mass is 285 g/mol. The van der Waals surface area contributed by atoms with E-state index < -0.39 is 43.5 Å². The third-order valence-corrected chi connectivity index (χ3v) is 2.64. The van der Waals surface area contributed by atoms with Gasteiger partial charge in [-0.2, -0.15) is 13.2 Å². The van der Waals surface area contributed by atoms with Crippen LogP contribution in [-0.4, -0.2) is 59.8 Å². The fourth-order valence-electron chi connectivity index (χ4n) is 1.41. The van der Waals surface area contributed by atoms with E-state index in [1.807, 2.05) is 0 Å². The number of carbonyl (C=O) groups excluding carboxylic acids is 1. The lowest BCUT2D eigenvalue weighted by atomic mass is 10.1. The molecule has 2 atom stereocenters. The zero-order valence-electron chi connectivity index (χ0n) is 14.4. The molecule has 0 N–H and O–H groups in total. The molecule has 4 nitrogen and oxygen atoms in total. The van der Waals surface area contributed by atoms with E-state index in [2.05, 4.69) is 4.74 Å². The van der Waals surface area contributed by atoms with Crippen LogP contribution in [0.1, 0.15) is 31.8 Å². The molecule has 0 spiro atoms. The number of alkyl halides is 3. The molecule has 0 saturated carbocycles. The number of nitrogens with zero attached hydrogens (tertiary/aromatic N) is 2. The van der Waals surface area contributed by atoms with Crippen LogP contribution in [0.2, 0.25) is 0 Å². The van der Waals surface area contributed by atoms with E-state index in [9.17, 15) is 18.0 Å². The first-order chi connectivity index (χ1) is 9.66. The molecule has 0 bridgehead atoms. The molecule has 1 rings (SSSR count). The fraction of sp³-hybridized carbons (Fsp3) is 0.917. The molecule has 0 aliphatic carbocycles. The lowest BCUT2D eigenvalue weighted by Crippen LogP contribution is -2.55. The maximum absolute atomic E-state index is 12.4. The van der Waals surface area contributed by atoms with Crippen LogP contribution in [0, 0.1) is 0 Å². The summed E-state index contributed by atoms with van der Waals surface area (Å²) in [5.74, 6) is 0. The van der Waals surface area contributed by atoms with Gasteiger partial charge in [0, 0.05) is 35.8 Å². The molecule has 1 fully saturated rings. The van der Waals surface area contributed by atoms with Crippen LogP contribution < -0.4 is 0 Å². The summed E-state index contributed by atoms with van der Waals surface area (Å²) in [5.41, 5.74) is -0.662. The van der Waals surface area contributed by atoms with E-state index >= 15 is 0 Å². The predicted molar refractivity (Wildman–Crippen MR) is 64.9 cm³/mol. The Morgan fingerprint density at radius 2 is 1.89 bits per heavy atom. The second-order valence-corrected chi connectivity index (χ2v) is 5.33. The minimum Gasteiger partial charge on any atom is -0.437 e. The first-order valence-corrected chi connectivity index (χ1v) is 5.90. The molecule has 1 aliphatic heterocycles. The zero-order valence-corrected chi connectivity index (χ0v) is 11.4. The second-order valence-electron chi connectivity index (χ2n) is 5.33. The SMILES string of the molecule is [2H]C1CN(C(=O)OC(C)C(F)(F)F)CC([2H])([2H])N1C(C)(C)C. The van der Waals surface area contributed by atoms with Gasteiger partial charge in [0.15, 0.2) is 6.10 Å². The number of amides is 1. The highest BCUT2D eigenvalue weighted by molar-refractivity contribution is 5.68. The van der Waals surface area contributed by atoms with Crippen LogP contribution in [-0.2, 0) is 4.74 Å². The third kappa shape index (κ3) is 4.56. The number of carbonyl (C=O) groups is 1. The quantitative estimate of drug-likeness (QED) is 0.742. The summed E-state index contributed by atoms with van der Waals surface area (Å²) in [6, 6.07) is 0. The van der Waals surface area contributed by atoms with Gasteiger partial charge >= 0.3 is 12.3 Å². The number of ether oxygens (including phenoxy) is 1. The van der Waals surface area contributed by atoms with Crippen molar-refractivity contribution in [2.24, 2.45) is 0 Å². The maximum Gasteiger partial charge on any atom is 0.425 e. The average Bonchev–Trinajstić information content (AvgIpc) is 2.22. The fourth-order valence-corrected chi connectivity index (χ4v) is 1.41. The number of piperazine rings is 1. The van der Waals surface area contributed by atoms with E-state index in [0.29, 0.717) is 6.92 Å². The van der Waals surface area contributed by atoms with E-state index in [1.165, 1.54) is 4.90 Å². The molecule has 0 aromatic rings. The Bertz CT molecular complexity index is 427. The van der Waals surface area contributed by atoms with E-state index in [1.54, 1.807) is 20.8 Å². The predicted octanol–water partition coefficient (Wildman–Crippen LogP) is 2.49. The summed E-state index contributed by atoms with van der Waals surface area (Å²) in [6.07, 6.45) is -8.22. The van der Waals surface area contributed by atoms with Crippen LogP contribution in [0.15, 0.2) is 0 Å². The standard InChI is InChI=1S/C12H21F3N2O2/c1-9(12(13,14)15)19-10(18)16-5-7-17(8-6-16)11(2,3)4/h9H,5-8H2,1-4H3/i7D,8D2. The molecular weight excluding hydrogens is 261 g/mol. The molecule has 0 aromatic heterocycles. The van der Waals surface area contributed by atoms with Gasteiger partial charge in [-0.3, -0.25) is 4.90 Å². The third-order valence-electron chi connectivity index (χ3n) is 2.64. The summed E-state index contributed by atoms with van der Waals surface area (Å²) in [7, 11) is 0. The normalized spacial score (nSPS) is 29.1. The van der Waals surface area contributed by atoms with Crippen LogP contribution in [0.3, 0.4) is 0 Å². The van der Waals surface area contributed by atoms with Crippen molar-refractivity contribution < 1.29 is 26.8 Å². The molecule has 112 valence electrons. The molecule has 0 radical (unpaired) electrons. The van der Waals surface area contributed by atoms with Crippen molar-refractivity contribution in [1.29, 1.82) is 0 Å². The van der Waals surface area contributed by atoms with Gasteiger partial charge in [0.2, 0.25) is 0 Å². The summed E-state index contributed by atoms with van der Waals surface area (Å²) >= 11 is 0. The first-order valence-electron chi connectivity index (χ1n) is 7.48. The molecule has 1 heterocycles. The molecule has 2 unspecified atom stereocenters. The Balaban J connectivity index is 2.84. The summed E-state index contributed by atoms with van der Waals surface area (Å²) in [5, 5.41) is 0. The smallest absolute Gasteiger partial charge is 0.425 e. The number of rotatable bonds is 1. The topological polar surface area (TPSA) is 32.8 Å². The highest BCUT2D eigenvalue weighted by Gasteiger charge is 2.40. The first kappa shape index (κ1) is 11.8. The summed E-state index contributed by atoms with van der Waals surface area (Å²) in [6.45, 7) is 2.07. The molecule has 1 amide bonds. The van der Waals surface area contributed by atoms with Gasteiger partial charge < -0.3 is 9.64 Å². The van der Waals surface area contributed by atoms with Crippen LogP contribution in [0.25, 0.3) is 0 Å². The second kappa shape index (κ2) is 5.56. The highest BCUT2D eigenvalue weighted by atomic mass is 19.4. The minimum absolute atomic E-state index is 0.222. The van der Waals surface area contributed by atoms with E-state index in [4.69, 9.17) is 4.11 Å².